The van der Waals surface area contributed by atoms with Gasteiger partial charge in [0.05, 0.1) is 12.7 Å². The standard InChI is InChI=1S/C41H63NO/c1-3-4-5-6-7-9-12-15-24-32-41(38(2)37-42,36-40-29-22-19-23-30-40)33-25-16-13-10-8-11-14-17-26-34-43-35-31-39-27-20-18-21-28-39/h18-23,27-30H,2-17,24-26,31-36H2,1H3. The summed E-state index contributed by atoms with van der Waals surface area (Å²) in [6, 6.07) is 23.9. The van der Waals surface area contributed by atoms with Gasteiger partial charge in [0, 0.05) is 17.6 Å². The van der Waals surface area contributed by atoms with Crippen LogP contribution in [0.4, 0.5) is 0 Å². The van der Waals surface area contributed by atoms with Crippen LogP contribution >= 0.6 is 0 Å². The first kappa shape index (κ1) is 36.8. The number of benzene rings is 2. The Bertz CT molecular complexity index is 962. The van der Waals surface area contributed by atoms with E-state index in [-0.39, 0.29) is 5.41 Å². The maximum Gasteiger partial charge on any atom is 0.0946 e. The summed E-state index contributed by atoms with van der Waals surface area (Å²) >= 11 is 0. The summed E-state index contributed by atoms with van der Waals surface area (Å²) in [5.74, 6) is 0. The normalized spacial score (nSPS) is 12.6. The lowest BCUT2D eigenvalue weighted by Gasteiger charge is -2.34. The minimum absolute atomic E-state index is 0.0829. The molecule has 43 heavy (non-hydrogen) atoms. The van der Waals surface area contributed by atoms with E-state index in [2.05, 4.69) is 80.2 Å². The van der Waals surface area contributed by atoms with Gasteiger partial charge in [-0.25, -0.2) is 0 Å². The Hall–Kier alpha value is -2.37. The zero-order chi connectivity index (χ0) is 30.7. The smallest absolute Gasteiger partial charge is 0.0946 e. The topological polar surface area (TPSA) is 33.0 Å². The molecule has 0 radical (unpaired) electrons. The van der Waals surface area contributed by atoms with Crippen LogP contribution in [0.5, 0.6) is 0 Å². The molecule has 0 saturated heterocycles. The van der Waals surface area contributed by atoms with Gasteiger partial charge in [0.15, 0.2) is 0 Å². The van der Waals surface area contributed by atoms with Gasteiger partial charge in [-0.2, -0.15) is 5.26 Å². The molecular formula is C41H63NO. The summed E-state index contributed by atoms with van der Waals surface area (Å²) < 4.78 is 5.83. The Balaban J connectivity index is 1.62. The summed E-state index contributed by atoms with van der Waals surface area (Å²) in [5, 5.41) is 9.99. The average molecular weight is 586 g/mol. The number of hydrogen-bond acceptors (Lipinski definition) is 2. The molecule has 2 rings (SSSR count). The Morgan fingerprint density at radius 2 is 1.05 bits per heavy atom. The molecule has 2 aromatic carbocycles. The lowest BCUT2D eigenvalue weighted by molar-refractivity contribution is 0.133. The van der Waals surface area contributed by atoms with Crippen molar-refractivity contribution in [3.63, 3.8) is 0 Å². The molecule has 0 aromatic heterocycles. The molecule has 0 aliphatic rings. The number of nitriles is 1. The predicted molar refractivity (Wildman–Crippen MR) is 186 cm³/mol. The molecule has 1 unspecified atom stereocenters. The molecule has 0 fully saturated rings. The van der Waals surface area contributed by atoms with Gasteiger partial charge in [-0.1, -0.05) is 183 Å². The molecule has 0 amide bonds. The highest BCUT2D eigenvalue weighted by molar-refractivity contribution is 5.30. The molecule has 0 heterocycles. The van der Waals surface area contributed by atoms with E-state index < -0.39 is 0 Å². The number of hydrogen-bond donors (Lipinski definition) is 0. The van der Waals surface area contributed by atoms with E-state index in [9.17, 15) is 5.26 Å². The molecule has 0 bridgehead atoms. The number of allylic oxidation sites excluding steroid dienone is 1. The maximum atomic E-state index is 9.99. The molecule has 2 aromatic rings. The third-order valence-electron chi connectivity index (χ3n) is 9.24. The van der Waals surface area contributed by atoms with Crippen molar-refractivity contribution in [1.29, 1.82) is 5.26 Å². The fourth-order valence-electron chi connectivity index (χ4n) is 6.43. The van der Waals surface area contributed by atoms with Gasteiger partial charge in [-0.05, 0) is 43.2 Å². The molecule has 0 aliphatic heterocycles. The van der Waals surface area contributed by atoms with Crippen LogP contribution in [0, 0.1) is 16.7 Å². The predicted octanol–water partition coefficient (Wildman–Crippen LogP) is 12.4. The number of unbranched alkanes of at least 4 members (excludes halogenated alkanes) is 16. The van der Waals surface area contributed by atoms with Crippen LogP contribution in [0.25, 0.3) is 0 Å². The number of nitrogens with zero attached hydrogens (tertiary/aromatic N) is 1. The van der Waals surface area contributed by atoms with Crippen molar-refractivity contribution in [2.75, 3.05) is 13.2 Å². The molecule has 2 heteroatoms. The SMILES string of the molecule is C=C(C#N)C(CCCCCCCCCCC)(CCCCCCCCCCCOCCc1ccccc1)Cc1ccccc1. The molecule has 1 atom stereocenters. The van der Waals surface area contributed by atoms with Crippen LogP contribution in [-0.4, -0.2) is 13.2 Å². The van der Waals surface area contributed by atoms with Crippen LogP contribution in [0.3, 0.4) is 0 Å². The third-order valence-corrected chi connectivity index (χ3v) is 9.24. The van der Waals surface area contributed by atoms with E-state index in [0.717, 1.165) is 44.5 Å². The van der Waals surface area contributed by atoms with Crippen LogP contribution in [-0.2, 0) is 17.6 Å². The largest absolute Gasteiger partial charge is 0.381 e. The molecule has 0 N–H and O–H groups in total. The Morgan fingerprint density at radius 1 is 0.605 bits per heavy atom. The second kappa shape index (κ2) is 25.0. The van der Waals surface area contributed by atoms with Crippen molar-refractivity contribution >= 4 is 0 Å². The third kappa shape index (κ3) is 17.5. The van der Waals surface area contributed by atoms with Gasteiger partial charge in [0.1, 0.15) is 0 Å². The van der Waals surface area contributed by atoms with Crippen molar-refractivity contribution in [3.05, 3.63) is 83.9 Å². The van der Waals surface area contributed by atoms with E-state index in [4.69, 9.17) is 4.74 Å². The fraction of sp³-hybridized carbons (Fsp3) is 0.634. The Morgan fingerprint density at radius 3 is 1.53 bits per heavy atom. The molecule has 238 valence electrons. The first-order chi connectivity index (χ1) is 21.2. The zero-order valence-corrected chi connectivity index (χ0v) is 27.8. The monoisotopic (exact) mass is 585 g/mol. The van der Waals surface area contributed by atoms with E-state index in [1.165, 1.54) is 127 Å². The van der Waals surface area contributed by atoms with E-state index in [0.29, 0.717) is 0 Å². The van der Waals surface area contributed by atoms with Gasteiger partial charge in [0.25, 0.3) is 0 Å². The van der Waals surface area contributed by atoms with Gasteiger partial charge >= 0.3 is 0 Å². The van der Waals surface area contributed by atoms with Gasteiger partial charge in [-0.15, -0.1) is 0 Å². The summed E-state index contributed by atoms with van der Waals surface area (Å²) in [5.41, 5.74) is 3.43. The average Bonchev–Trinajstić information content (AvgIpc) is 3.04. The van der Waals surface area contributed by atoms with Gasteiger partial charge in [-0.3, -0.25) is 0 Å². The number of rotatable bonds is 28. The van der Waals surface area contributed by atoms with Crippen molar-refractivity contribution in [2.24, 2.45) is 5.41 Å². The highest BCUT2D eigenvalue weighted by Crippen LogP contribution is 2.41. The van der Waals surface area contributed by atoms with Crippen LogP contribution in [0.1, 0.15) is 146 Å². The highest BCUT2D eigenvalue weighted by atomic mass is 16.5. The Kier molecular flexibility index (Phi) is 21.4. The summed E-state index contributed by atoms with van der Waals surface area (Å²) in [4.78, 5) is 0. The van der Waals surface area contributed by atoms with Gasteiger partial charge in [0.2, 0.25) is 0 Å². The first-order valence-electron chi connectivity index (χ1n) is 18.0. The summed E-state index contributed by atoms with van der Waals surface area (Å²) in [6.45, 7) is 8.33. The summed E-state index contributed by atoms with van der Waals surface area (Å²) in [7, 11) is 0. The van der Waals surface area contributed by atoms with Crippen LogP contribution in [0.2, 0.25) is 0 Å². The van der Waals surface area contributed by atoms with Gasteiger partial charge < -0.3 is 4.74 Å². The summed E-state index contributed by atoms with van der Waals surface area (Å²) in [6.07, 6.45) is 27.8. The maximum absolute atomic E-state index is 9.99. The van der Waals surface area contributed by atoms with Crippen molar-refractivity contribution in [3.8, 4) is 6.07 Å². The lowest BCUT2D eigenvalue weighted by atomic mass is 9.69. The van der Waals surface area contributed by atoms with E-state index in [1.807, 2.05) is 0 Å². The quantitative estimate of drug-likeness (QED) is 0.0735. The van der Waals surface area contributed by atoms with Crippen LogP contribution < -0.4 is 0 Å². The van der Waals surface area contributed by atoms with Crippen molar-refractivity contribution in [1.82, 2.24) is 0 Å². The molecule has 2 nitrogen and oxygen atoms in total. The molecule has 0 spiro atoms. The minimum atomic E-state index is -0.0829. The zero-order valence-electron chi connectivity index (χ0n) is 27.8. The number of ether oxygens (including phenoxy) is 1. The molecule has 0 aliphatic carbocycles. The molecular weight excluding hydrogens is 522 g/mol. The van der Waals surface area contributed by atoms with Crippen molar-refractivity contribution < 1.29 is 4.74 Å². The first-order valence-corrected chi connectivity index (χ1v) is 18.0. The Labute approximate surface area is 266 Å². The van der Waals surface area contributed by atoms with Crippen molar-refractivity contribution in [2.45, 2.75) is 148 Å². The van der Waals surface area contributed by atoms with E-state index >= 15 is 0 Å². The lowest BCUT2D eigenvalue weighted by Crippen LogP contribution is -2.26. The second-order valence-corrected chi connectivity index (χ2v) is 12.9. The minimum Gasteiger partial charge on any atom is -0.381 e. The second-order valence-electron chi connectivity index (χ2n) is 12.9. The fourth-order valence-corrected chi connectivity index (χ4v) is 6.43. The van der Waals surface area contributed by atoms with E-state index in [1.54, 1.807) is 0 Å². The molecule has 0 saturated carbocycles. The van der Waals surface area contributed by atoms with Crippen LogP contribution in [0.15, 0.2) is 72.8 Å². The highest BCUT2D eigenvalue weighted by Gasteiger charge is 2.32.